The lowest BCUT2D eigenvalue weighted by molar-refractivity contribution is 0.0802. The van der Waals surface area contributed by atoms with Crippen LogP contribution in [0.1, 0.15) is 22.8 Å². The SMILES string of the molecule is CCN(C)C(=O)c1ccc(Nc2c(Oc3ccc(Cl)c(C)c3)cnn(C)c2=O)cc1. The Hall–Kier alpha value is -3.32. The van der Waals surface area contributed by atoms with Crippen LogP contribution in [0.3, 0.4) is 0 Å². The highest BCUT2D eigenvalue weighted by Crippen LogP contribution is 2.30. The van der Waals surface area contributed by atoms with E-state index in [1.807, 2.05) is 13.8 Å². The zero-order valence-corrected chi connectivity index (χ0v) is 18.0. The maximum absolute atomic E-state index is 12.7. The molecule has 0 aliphatic carbocycles. The molecule has 1 aromatic heterocycles. The van der Waals surface area contributed by atoms with Crippen LogP contribution in [-0.4, -0.2) is 34.2 Å². The molecule has 7 nitrogen and oxygen atoms in total. The topological polar surface area (TPSA) is 76.5 Å². The summed E-state index contributed by atoms with van der Waals surface area (Å²) in [6.45, 7) is 4.41. The predicted molar refractivity (Wildman–Crippen MR) is 118 cm³/mol. The summed E-state index contributed by atoms with van der Waals surface area (Å²) >= 11 is 6.07. The van der Waals surface area contributed by atoms with Gasteiger partial charge in [0.1, 0.15) is 5.75 Å². The van der Waals surface area contributed by atoms with Gasteiger partial charge in [-0.1, -0.05) is 11.6 Å². The van der Waals surface area contributed by atoms with Crippen LogP contribution in [0.5, 0.6) is 11.5 Å². The van der Waals surface area contributed by atoms with Gasteiger partial charge in [0.25, 0.3) is 11.5 Å². The van der Waals surface area contributed by atoms with Crippen molar-refractivity contribution in [2.75, 3.05) is 18.9 Å². The molecule has 8 heteroatoms. The lowest BCUT2D eigenvalue weighted by Gasteiger charge is -2.16. The lowest BCUT2D eigenvalue weighted by Crippen LogP contribution is -2.26. The second-order valence-corrected chi connectivity index (χ2v) is 7.25. The zero-order valence-electron chi connectivity index (χ0n) is 17.3. The monoisotopic (exact) mass is 426 g/mol. The number of nitrogens with one attached hydrogen (secondary N) is 1. The Labute approximate surface area is 179 Å². The van der Waals surface area contributed by atoms with E-state index in [4.69, 9.17) is 16.3 Å². The molecule has 0 aliphatic rings. The molecule has 3 rings (SSSR count). The van der Waals surface area contributed by atoms with Crippen LogP contribution in [0.2, 0.25) is 5.02 Å². The highest BCUT2D eigenvalue weighted by Gasteiger charge is 2.14. The summed E-state index contributed by atoms with van der Waals surface area (Å²) in [4.78, 5) is 26.6. The third-order valence-electron chi connectivity index (χ3n) is 4.68. The molecule has 2 aromatic carbocycles. The molecule has 0 bridgehead atoms. The summed E-state index contributed by atoms with van der Waals surface area (Å²) in [5.74, 6) is 0.759. The number of aromatic nitrogens is 2. The fourth-order valence-corrected chi connectivity index (χ4v) is 2.85. The number of rotatable bonds is 6. The second-order valence-electron chi connectivity index (χ2n) is 6.85. The normalized spacial score (nSPS) is 10.6. The highest BCUT2D eigenvalue weighted by molar-refractivity contribution is 6.31. The number of amides is 1. The Kier molecular flexibility index (Phi) is 6.42. The molecule has 3 aromatic rings. The Bertz CT molecular complexity index is 1130. The molecule has 30 heavy (non-hydrogen) atoms. The molecular weight excluding hydrogens is 404 g/mol. The van der Waals surface area contributed by atoms with Crippen molar-refractivity contribution in [2.45, 2.75) is 13.8 Å². The Morgan fingerprint density at radius 3 is 2.57 bits per heavy atom. The fraction of sp³-hybridized carbons (Fsp3) is 0.227. The Morgan fingerprint density at radius 2 is 1.93 bits per heavy atom. The number of carbonyl (C=O) groups is 1. The molecule has 0 atom stereocenters. The molecule has 1 N–H and O–H groups in total. The molecule has 0 saturated heterocycles. The van der Waals surface area contributed by atoms with Crippen molar-refractivity contribution in [3.8, 4) is 11.5 Å². The molecule has 0 radical (unpaired) electrons. The average Bonchev–Trinajstić information content (AvgIpc) is 2.75. The first-order chi connectivity index (χ1) is 14.3. The van der Waals surface area contributed by atoms with Gasteiger partial charge >= 0.3 is 0 Å². The number of anilines is 2. The molecule has 0 saturated carbocycles. The molecule has 0 fully saturated rings. The molecule has 0 aliphatic heterocycles. The molecule has 0 spiro atoms. The van der Waals surface area contributed by atoms with Gasteiger partial charge < -0.3 is 15.0 Å². The van der Waals surface area contributed by atoms with E-state index in [9.17, 15) is 9.59 Å². The van der Waals surface area contributed by atoms with Crippen LogP contribution in [0.25, 0.3) is 0 Å². The minimum absolute atomic E-state index is 0.0639. The van der Waals surface area contributed by atoms with Gasteiger partial charge in [0.05, 0.1) is 6.20 Å². The Morgan fingerprint density at radius 1 is 1.23 bits per heavy atom. The van der Waals surface area contributed by atoms with Crippen LogP contribution in [0.4, 0.5) is 11.4 Å². The number of ether oxygens (including phenoxy) is 1. The van der Waals surface area contributed by atoms with Crippen molar-refractivity contribution in [2.24, 2.45) is 7.05 Å². The molecular formula is C22H23ClN4O3. The first-order valence-electron chi connectivity index (χ1n) is 9.43. The zero-order chi connectivity index (χ0) is 21.8. The number of aryl methyl sites for hydroxylation is 2. The van der Waals surface area contributed by atoms with E-state index in [1.54, 1.807) is 61.5 Å². The number of carbonyl (C=O) groups excluding carboxylic acids is 1. The third-order valence-corrected chi connectivity index (χ3v) is 5.11. The number of hydrogen-bond acceptors (Lipinski definition) is 5. The van der Waals surface area contributed by atoms with Crippen LogP contribution in [-0.2, 0) is 7.05 Å². The molecule has 1 amide bonds. The van der Waals surface area contributed by atoms with Crippen LogP contribution in [0, 0.1) is 6.92 Å². The smallest absolute Gasteiger partial charge is 0.294 e. The van der Waals surface area contributed by atoms with Gasteiger partial charge in [-0.3, -0.25) is 9.59 Å². The van der Waals surface area contributed by atoms with Crippen molar-refractivity contribution in [1.29, 1.82) is 0 Å². The van der Waals surface area contributed by atoms with Gasteiger partial charge in [-0.25, -0.2) is 4.68 Å². The van der Waals surface area contributed by atoms with Gasteiger partial charge in [0.15, 0.2) is 11.4 Å². The molecule has 1 heterocycles. The minimum Gasteiger partial charge on any atom is -0.453 e. The maximum atomic E-state index is 12.7. The van der Waals surface area contributed by atoms with Crippen molar-refractivity contribution in [3.63, 3.8) is 0 Å². The minimum atomic E-state index is -0.343. The van der Waals surface area contributed by atoms with E-state index in [1.165, 1.54) is 10.9 Å². The van der Waals surface area contributed by atoms with Crippen molar-refractivity contribution >= 4 is 28.9 Å². The van der Waals surface area contributed by atoms with Crippen LogP contribution >= 0.6 is 11.6 Å². The van der Waals surface area contributed by atoms with E-state index >= 15 is 0 Å². The van der Waals surface area contributed by atoms with Crippen molar-refractivity contribution in [3.05, 3.63) is 75.2 Å². The number of benzene rings is 2. The quantitative estimate of drug-likeness (QED) is 0.633. The molecule has 156 valence electrons. The van der Waals surface area contributed by atoms with Gasteiger partial charge in [0, 0.05) is 36.9 Å². The summed E-state index contributed by atoms with van der Waals surface area (Å²) in [7, 11) is 3.31. The number of halogens is 1. The third kappa shape index (κ3) is 4.63. The summed E-state index contributed by atoms with van der Waals surface area (Å²) in [5.41, 5.74) is 1.97. The van der Waals surface area contributed by atoms with Gasteiger partial charge in [-0.2, -0.15) is 5.10 Å². The molecule has 0 unspecified atom stereocenters. The highest BCUT2D eigenvalue weighted by atomic mass is 35.5. The maximum Gasteiger partial charge on any atom is 0.294 e. The largest absolute Gasteiger partial charge is 0.453 e. The van der Waals surface area contributed by atoms with E-state index in [2.05, 4.69) is 10.4 Å². The van der Waals surface area contributed by atoms with E-state index < -0.39 is 0 Å². The summed E-state index contributed by atoms with van der Waals surface area (Å²) in [6, 6.07) is 12.2. The van der Waals surface area contributed by atoms with E-state index in [0.717, 1.165) is 5.56 Å². The van der Waals surface area contributed by atoms with Gasteiger partial charge in [-0.05, 0) is 61.9 Å². The van der Waals surface area contributed by atoms with Crippen molar-refractivity contribution < 1.29 is 9.53 Å². The fourth-order valence-electron chi connectivity index (χ4n) is 2.73. The number of hydrogen-bond donors (Lipinski definition) is 1. The van der Waals surface area contributed by atoms with Gasteiger partial charge in [0.2, 0.25) is 0 Å². The first-order valence-corrected chi connectivity index (χ1v) is 9.80. The van der Waals surface area contributed by atoms with Crippen molar-refractivity contribution in [1.82, 2.24) is 14.7 Å². The second kappa shape index (κ2) is 9.00. The summed E-state index contributed by atoms with van der Waals surface area (Å²) in [5, 5.41) is 7.76. The summed E-state index contributed by atoms with van der Waals surface area (Å²) in [6.07, 6.45) is 1.47. The van der Waals surface area contributed by atoms with E-state index in [-0.39, 0.29) is 22.9 Å². The van der Waals surface area contributed by atoms with E-state index in [0.29, 0.717) is 28.6 Å². The standard InChI is InChI=1S/C22H23ClN4O3/c1-5-26(3)21(28)15-6-8-16(9-7-15)25-20-19(13-24-27(4)22(20)29)30-17-10-11-18(23)14(2)12-17/h6-13,25H,5H2,1-4H3. The summed E-state index contributed by atoms with van der Waals surface area (Å²) < 4.78 is 7.12. The van der Waals surface area contributed by atoms with Crippen LogP contribution < -0.4 is 15.6 Å². The predicted octanol–water partition coefficient (Wildman–Crippen LogP) is 4.37. The van der Waals surface area contributed by atoms with Gasteiger partial charge in [-0.15, -0.1) is 0 Å². The number of nitrogens with zero attached hydrogens (tertiary/aromatic N) is 3. The van der Waals surface area contributed by atoms with Crippen LogP contribution in [0.15, 0.2) is 53.5 Å². The lowest BCUT2D eigenvalue weighted by atomic mass is 10.2. The first kappa shape index (κ1) is 21.4. The average molecular weight is 427 g/mol. The Balaban J connectivity index is 1.90.